The van der Waals surface area contributed by atoms with Crippen LogP contribution >= 0.6 is 0 Å². The third-order valence-corrected chi connectivity index (χ3v) is 4.40. The van der Waals surface area contributed by atoms with Gasteiger partial charge in [0.2, 0.25) is 0 Å². The zero-order chi connectivity index (χ0) is 17.6. The summed E-state index contributed by atoms with van der Waals surface area (Å²) >= 11 is 0. The van der Waals surface area contributed by atoms with Crippen LogP contribution in [0.25, 0.3) is 22.3 Å². The van der Waals surface area contributed by atoms with E-state index in [1.54, 1.807) is 12.1 Å². The fourth-order valence-corrected chi connectivity index (χ4v) is 3.20. The maximum atomic E-state index is 14.7. The Hall–Kier alpha value is -3.47. The number of nitrogens with zero attached hydrogens (tertiary/aromatic N) is 4. The number of carbonyl (C=O) groups is 1. The van der Waals surface area contributed by atoms with Crippen molar-refractivity contribution >= 4 is 17.1 Å². The summed E-state index contributed by atoms with van der Waals surface area (Å²) in [6, 6.07) is 6.53. The molecule has 3 heterocycles. The van der Waals surface area contributed by atoms with Crippen LogP contribution in [-0.4, -0.2) is 37.8 Å². The van der Waals surface area contributed by atoms with Gasteiger partial charge in [-0.15, -0.1) is 0 Å². The van der Waals surface area contributed by atoms with E-state index in [1.165, 1.54) is 17.2 Å². The van der Waals surface area contributed by atoms with Crippen LogP contribution in [0.4, 0.5) is 9.18 Å². The Morgan fingerprint density at radius 2 is 2.28 bits per heavy atom. The number of halogens is 1. The van der Waals surface area contributed by atoms with Gasteiger partial charge in [-0.1, -0.05) is 6.07 Å². The van der Waals surface area contributed by atoms with Crippen molar-refractivity contribution < 1.29 is 14.3 Å². The SMILES string of the molecule is N#Cc1cc2[nH]ncc2nc1-c1c(F)ccc2c1CCN(C(=O)O)C2. The van der Waals surface area contributed by atoms with Crippen LogP contribution in [0.2, 0.25) is 0 Å². The fourth-order valence-electron chi connectivity index (χ4n) is 3.20. The van der Waals surface area contributed by atoms with E-state index in [9.17, 15) is 14.4 Å². The zero-order valence-electron chi connectivity index (χ0n) is 13.0. The number of carboxylic acid groups (broad SMARTS) is 1. The second-order valence-corrected chi connectivity index (χ2v) is 5.81. The molecule has 1 amide bonds. The third-order valence-electron chi connectivity index (χ3n) is 4.40. The molecule has 2 aromatic heterocycles. The van der Waals surface area contributed by atoms with Gasteiger partial charge in [-0.3, -0.25) is 5.10 Å². The van der Waals surface area contributed by atoms with Crippen LogP contribution < -0.4 is 0 Å². The molecule has 0 aliphatic carbocycles. The first-order valence-electron chi connectivity index (χ1n) is 7.61. The molecular formula is C17H12FN5O2. The van der Waals surface area contributed by atoms with E-state index in [1.807, 2.05) is 0 Å². The summed E-state index contributed by atoms with van der Waals surface area (Å²) in [5.41, 5.74) is 3.32. The van der Waals surface area contributed by atoms with Crippen molar-refractivity contribution in [3.8, 4) is 17.3 Å². The molecule has 7 nitrogen and oxygen atoms in total. The van der Waals surface area contributed by atoms with Crippen LogP contribution in [0, 0.1) is 17.1 Å². The summed E-state index contributed by atoms with van der Waals surface area (Å²) in [4.78, 5) is 16.9. The Bertz CT molecular complexity index is 1050. The topological polar surface area (TPSA) is 106 Å². The molecule has 2 N–H and O–H groups in total. The normalized spacial score (nSPS) is 13.5. The molecule has 0 saturated heterocycles. The van der Waals surface area contributed by atoms with Gasteiger partial charge in [0.15, 0.2) is 0 Å². The molecule has 0 spiro atoms. The summed E-state index contributed by atoms with van der Waals surface area (Å²) in [6.07, 6.45) is 0.872. The average molecular weight is 337 g/mol. The van der Waals surface area contributed by atoms with Gasteiger partial charge in [0.25, 0.3) is 0 Å². The Kier molecular flexibility index (Phi) is 3.35. The number of aromatic nitrogens is 3. The molecule has 0 unspecified atom stereocenters. The van der Waals surface area contributed by atoms with Crippen molar-refractivity contribution in [2.75, 3.05) is 6.54 Å². The van der Waals surface area contributed by atoms with E-state index < -0.39 is 11.9 Å². The number of hydrogen-bond acceptors (Lipinski definition) is 4. The van der Waals surface area contributed by atoms with Gasteiger partial charge in [0.05, 0.1) is 23.0 Å². The second kappa shape index (κ2) is 5.56. The maximum Gasteiger partial charge on any atom is 0.407 e. The second-order valence-electron chi connectivity index (χ2n) is 5.81. The van der Waals surface area contributed by atoms with Crippen molar-refractivity contribution in [3.05, 3.63) is 46.9 Å². The highest BCUT2D eigenvalue weighted by molar-refractivity contribution is 5.83. The molecule has 0 saturated carbocycles. The van der Waals surface area contributed by atoms with Gasteiger partial charge in [-0.2, -0.15) is 10.4 Å². The number of nitrogens with one attached hydrogen (secondary N) is 1. The molecule has 8 heteroatoms. The lowest BCUT2D eigenvalue weighted by Gasteiger charge is -2.28. The first kappa shape index (κ1) is 15.1. The van der Waals surface area contributed by atoms with Gasteiger partial charge in [-0.05, 0) is 29.7 Å². The van der Waals surface area contributed by atoms with Crippen LogP contribution in [0.3, 0.4) is 0 Å². The average Bonchev–Trinajstić information content (AvgIpc) is 3.07. The first-order valence-corrected chi connectivity index (χ1v) is 7.61. The molecule has 1 aliphatic heterocycles. The molecule has 3 aromatic rings. The Labute approximate surface area is 141 Å². The van der Waals surface area contributed by atoms with Crippen molar-refractivity contribution in [1.82, 2.24) is 20.1 Å². The fraction of sp³-hybridized carbons (Fsp3) is 0.176. The lowest BCUT2D eigenvalue weighted by atomic mass is 9.91. The summed E-state index contributed by atoms with van der Waals surface area (Å²) < 4.78 is 14.7. The van der Waals surface area contributed by atoms with Gasteiger partial charge < -0.3 is 10.0 Å². The largest absolute Gasteiger partial charge is 0.465 e. The molecule has 4 rings (SSSR count). The van der Waals surface area contributed by atoms with Crippen LogP contribution in [0.5, 0.6) is 0 Å². The molecule has 124 valence electrons. The number of benzene rings is 1. The Morgan fingerprint density at radius 3 is 3.04 bits per heavy atom. The van der Waals surface area contributed by atoms with Gasteiger partial charge in [0.1, 0.15) is 17.4 Å². The van der Waals surface area contributed by atoms with E-state index in [0.717, 1.165) is 5.56 Å². The number of H-pyrrole nitrogens is 1. The maximum absolute atomic E-state index is 14.7. The third kappa shape index (κ3) is 2.37. The van der Waals surface area contributed by atoms with E-state index >= 15 is 0 Å². The number of amides is 1. The predicted molar refractivity (Wildman–Crippen MR) is 86.1 cm³/mol. The smallest absolute Gasteiger partial charge is 0.407 e. The van der Waals surface area contributed by atoms with Crippen molar-refractivity contribution in [2.24, 2.45) is 0 Å². The van der Waals surface area contributed by atoms with E-state index in [-0.39, 0.29) is 29.9 Å². The first-order chi connectivity index (χ1) is 12.1. The molecule has 0 radical (unpaired) electrons. The molecule has 25 heavy (non-hydrogen) atoms. The van der Waals surface area contributed by atoms with E-state index in [4.69, 9.17) is 5.11 Å². The van der Waals surface area contributed by atoms with Gasteiger partial charge in [0, 0.05) is 18.7 Å². The lowest BCUT2D eigenvalue weighted by Crippen LogP contribution is -2.35. The van der Waals surface area contributed by atoms with E-state index in [2.05, 4.69) is 21.3 Å². The highest BCUT2D eigenvalue weighted by Gasteiger charge is 2.26. The van der Waals surface area contributed by atoms with Gasteiger partial charge in [-0.25, -0.2) is 14.2 Å². The van der Waals surface area contributed by atoms with Crippen LogP contribution in [-0.2, 0) is 13.0 Å². The number of nitriles is 1. The highest BCUT2D eigenvalue weighted by atomic mass is 19.1. The van der Waals surface area contributed by atoms with Crippen molar-refractivity contribution in [2.45, 2.75) is 13.0 Å². The molecule has 0 atom stereocenters. The standard InChI is InChI=1S/C17H12FN5O2/c18-12-2-1-9-8-23(17(24)25)4-3-11(9)15(12)16-10(6-19)5-13-14(21-16)7-20-22-13/h1-2,5,7H,3-4,8H2,(H,20,22)(H,24,25). The Balaban J connectivity index is 1.94. The van der Waals surface area contributed by atoms with Crippen molar-refractivity contribution in [3.63, 3.8) is 0 Å². The number of fused-ring (bicyclic) bond motifs is 2. The monoisotopic (exact) mass is 337 g/mol. The summed E-state index contributed by atoms with van der Waals surface area (Å²) in [7, 11) is 0. The number of hydrogen-bond donors (Lipinski definition) is 2. The summed E-state index contributed by atoms with van der Waals surface area (Å²) in [5, 5.41) is 25.2. The molecule has 1 aromatic carbocycles. The lowest BCUT2D eigenvalue weighted by molar-refractivity contribution is 0.140. The minimum Gasteiger partial charge on any atom is -0.465 e. The number of aromatic amines is 1. The zero-order valence-corrected chi connectivity index (χ0v) is 13.0. The minimum absolute atomic E-state index is 0.188. The quantitative estimate of drug-likeness (QED) is 0.710. The van der Waals surface area contributed by atoms with Gasteiger partial charge >= 0.3 is 6.09 Å². The predicted octanol–water partition coefficient (Wildman–Crippen LogP) is 2.67. The number of rotatable bonds is 1. The highest BCUT2D eigenvalue weighted by Crippen LogP contribution is 2.34. The summed E-state index contributed by atoms with van der Waals surface area (Å²) in [5.74, 6) is -0.477. The van der Waals surface area contributed by atoms with Crippen molar-refractivity contribution in [1.29, 1.82) is 5.26 Å². The molecule has 0 fully saturated rings. The van der Waals surface area contributed by atoms with Crippen LogP contribution in [0.15, 0.2) is 24.4 Å². The van der Waals surface area contributed by atoms with E-state index in [0.29, 0.717) is 23.0 Å². The number of pyridine rings is 1. The summed E-state index contributed by atoms with van der Waals surface area (Å²) in [6.45, 7) is 0.461. The molecule has 0 bridgehead atoms. The molecule has 1 aliphatic rings. The van der Waals surface area contributed by atoms with Crippen LogP contribution in [0.1, 0.15) is 16.7 Å². The minimum atomic E-state index is -1.01. The molecular weight excluding hydrogens is 325 g/mol. The Morgan fingerprint density at radius 1 is 1.44 bits per heavy atom.